The van der Waals surface area contributed by atoms with Crippen LogP contribution in [0, 0.1) is 0 Å². The first kappa shape index (κ1) is 112. The first-order valence-corrected chi connectivity index (χ1v) is 52.0. The molecule has 94 heteroatoms. The van der Waals surface area contributed by atoms with Gasteiger partial charge in [0.05, 0.1) is 33.0 Å². The van der Waals surface area contributed by atoms with Crippen molar-refractivity contribution >= 4 is 177 Å². The second-order valence-electron chi connectivity index (χ2n) is 22.6. The fourth-order valence-electron chi connectivity index (χ4n) is 10.5. The van der Waals surface area contributed by atoms with Gasteiger partial charge in [0.2, 0.25) is 6.29 Å². The summed E-state index contributed by atoms with van der Waals surface area (Å²) in [5.41, 5.74) is 0. The molecule has 77 nitrogen and oxygen atoms in total. The van der Waals surface area contributed by atoms with Gasteiger partial charge in [-0.1, -0.05) is 0 Å². The number of ether oxygens (including phenoxy) is 9. The molecule has 0 aromatic heterocycles. The smallest absolute Gasteiger partial charge is 0.341 e. The normalized spacial score (nSPS) is 32.8. The molecule has 0 saturated carbocycles. The topological polar surface area (TPSA) is 1160 Å². The first-order chi connectivity index (χ1) is 55.0. The monoisotopic (exact) mass is 2190 g/mol. The maximum atomic E-state index is 13.3. The molecule has 1 unspecified atom stereocenters. The Morgan fingerprint density at radius 3 is 0.419 bits per heavy atom. The number of hydrogen-bond donors (Lipinski definition) is 17. The fourth-order valence-corrected chi connectivity index (χ4v) is 17.9. The zero-order chi connectivity index (χ0) is 95.9. The van der Waals surface area contributed by atoms with Crippen LogP contribution in [0.1, 0.15) is 0 Å². The zero-order valence-corrected chi connectivity index (χ0v) is 70.9. The van der Waals surface area contributed by atoms with Gasteiger partial charge in [-0.2, -0.15) is 143 Å². The van der Waals surface area contributed by atoms with Gasteiger partial charge in [-0.05, 0) is 0 Å². The van der Waals surface area contributed by atoms with Crippen LogP contribution in [0.2, 0.25) is 0 Å². The van der Waals surface area contributed by atoms with Crippen LogP contribution < -0.4 is 0 Å². The average Bonchev–Trinajstić information content (AvgIpc) is 0.748. The Morgan fingerprint density at radius 2 is 0.266 bits per heavy atom. The molecule has 5 heterocycles. The van der Waals surface area contributed by atoms with E-state index in [1.54, 1.807) is 0 Å². The van der Waals surface area contributed by atoms with E-state index in [1.807, 2.05) is 0 Å². The molecule has 0 spiro atoms. The van der Waals surface area contributed by atoms with E-state index in [2.05, 4.69) is 71.1 Å². The Labute approximate surface area is 692 Å². The minimum Gasteiger partial charge on any atom is -0.341 e. The molecular formula is C30H52O77S17. The van der Waals surface area contributed by atoms with Crippen LogP contribution in [0.3, 0.4) is 0 Å². The van der Waals surface area contributed by atoms with Gasteiger partial charge >= 0.3 is 177 Å². The molecule has 0 aromatic carbocycles. The Hall–Kier alpha value is -2.57. The van der Waals surface area contributed by atoms with Crippen LogP contribution in [0.15, 0.2) is 0 Å². The molecule has 5 aliphatic rings. The SMILES string of the molecule is O=S(=O)(O)OC[C@H]1O[C@H](OC2[C@@H](OS(=O)(=O)O)[C@H](OS(=O)(=O)O)O[C@H](COS(=O)(=O)O)[C@H]2OS(=O)(=O)O)[C@H](OS(=O)(=O)O)[C@@H](O[C@H]2O[C@H](COS(=O)(=O)O)[C@@H](OS(=O)(=O)O)[C@H](O[C@H]3O[C@H](COS(=O)(=O)O)[C@@H](OS(=O)(=O)O)[C@H](O[C@H]4O[C@H](COS(=O)(=O)O)[C@@H](OS(=O)(=O)O)[C@H](OS(=O)(=O)O)[C@H]4OS(=O)(=O)O)[C@H]3OS(=O)(=O)O)[C@H]2OS(=O)(=O)O)[C@@H]1OS(=O)(=O)O. The molecule has 5 aliphatic heterocycles. The van der Waals surface area contributed by atoms with Gasteiger partial charge < -0.3 is 42.6 Å². The summed E-state index contributed by atoms with van der Waals surface area (Å²) >= 11 is 0. The molecule has 5 rings (SSSR count). The third kappa shape index (κ3) is 40.5. The van der Waals surface area contributed by atoms with Crippen molar-refractivity contribution in [2.75, 3.05) is 33.0 Å². The lowest BCUT2D eigenvalue weighted by Crippen LogP contribution is -2.70. The van der Waals surface area contributed by atoms with Gasteiger partial charge in [-0.25, -0.2) is 71.1 Å². The lowest BCUT2D eigenvalue weighted by molar-refractivity contribution is -0.384. The highest BCUT2D eigenvalue weighted by molar-refractivity contribution is 7.84. The number of hydrogen-bond acceptors (Lipinski definition) is 60. The third-order valence-corrected chi connectivity index (χ3v) is 21.5. The zero-order valence-electron chi connectivity index (χ0n) is 57.0. The molecule has 5 saturated heterocycles. The quantitative estimate of drug-likeness (QED) is 0.0252. The Kier molecular flexibility index (Phi) is 36.7. The second-order valence-corrected chi connectivity index (χ2v) is 40.6. The van der Waals surface area contributed by atoms with Gasteiger partial charge in [-0.15, -0.1) is 0 Å². The van der Waals surface area contributed by atoms with Crippen molar-refractivity contribution in [3.05, 3.63) is 0 Å². The van der Waals surface area contributed by atoms with E-state index in [-0.39, 0.29) is 0 Å². The van der Waals surface area contributed by atoms with E-state index >= 15 is 0 Å². The maximum Gasteiger partial charge on any atom is 0.399 e. The molecule has 124 heavy (non-hydrogen) atoms. The summed E-state index contributed by atoms with van der Waals surface area (Å²) < 4.78 is 713. The summed E-state index contributed by atoms with van der Waals surface area (Å²) in [6, 6.07) is 0. The standard InChI is InChI=1S/C30H52O77S17/c31-108(32,33)82-1-6-11(96-113(46,47)48)16(92-27-23(104-121(70,71)72)18(13(98-115(52,53)54)8(88-27)3-84-110(37,38)39)94-29-25(106-123(76,77)78)20(101-118(61,62)63)15(100-117(58,59)60)10(90-29)5-86-112(43,44)45)21(102-119(64,65)66)26(87-6)93-17-12(97-114(49,50)51)7(2-83-109(34,35)36)89-28(22(17)103-120(67,68)69)95-19-14(99-116(55,56)57)9(4-85-111(40,41)42)91-30(107-124(79,80)81)24(19)105-122(73,74)75/h6-30H,1-5H2,(H,31,32,33)(H,34,35,36)(H,37,38,39)(H,40,41,42)(H,43,44,45)(H,46,47,48)(H,49,50,51)(H,52,53,54)(H,55,56,57)(H,58,59,60)(H,61,62,63)(H,64,65,66)(H,67,68,69)(H,70,71,72)(H,73,74,75)(H,76,77,78)(H,79,80,81)/t6-,7-,8-,9-,10-,11-,12-,13-,14-,15-,16+,17+,18+,19?,20+,21-,22-,23-,24-,25-,26-,27-,28-,29-,30+/m1/s1. The highest BCUT2D eigenvalue weighted by Gasteiger charge is 2.65. The first-order valence-electron chi connectivity index (χ1n) is 28.8. The van der Waals surface area contributed by atoms with Crippen LogP contribution >= 0.6 is 0 Å². The van der Waals surface area contributed by atoms with Gasteiger partial charge in [-0.3, -0.25) is 77.4 Å². The summed E-state index contributed by atoms with van der Waals surface area (Å²) in [6.07, 6.45) is -99.5. The van der Waals surface area contributed by atoms with Crippen LogP contribution in [0.25, 0.3) is 0 Å². The summed E-state index contributed by atoms with van der Waals surface area (Å²) in [5.74, 6) is 0. The second kappa shape index (κ2) is 40.7. The summed E-state index contributed by atoms with van der Waals surface area (Å²) in [4.78, 5) is 0. The molecular weight excluding hydrogens is 2140 g/mol. The van der Waals surface area contributed by atoms with Gasteiger partial charge in [0, 0.05) is 0 Å². The number of rotatable bonds is 47. The van der Waals surface area contributed by atoms with Crippen molar-refractivity contribution in [1.29, 1.82) is 0 Å². The highest BCUT2D eigenvalue weighted by atomic mass is 32.3. The lowest BCUT2D eigenvalue weighted by atomic mass is 9.95. The molecule has 0 aromatic rings. The van der Waals surface area contributed by atoms with Crippen LogP contribution in [-0.4, -0.2) is 407 Å². The highest BCUT2D eigenvalue weighted by Crippen LogP contribution is 2.44. The van der Waals surface area contributed by atoms with Crippen LogP contribution in [-0.2, 0) is 291 Å². The van der Waals surface area contributed by atoms with Crippen LogP contribution in [0.4, 0.5) is 0 Å². The van der Waals surface area contributed by atoms with Crippen molar-refractivity contribution in [2.45, 2.75) is 154 Å². The molecule has 736 valence electrons. The van der Waals surface area contributed by atoms with Crippen molar-refractivity contribution in [3.8, 4) is 0 Å². The van der Waals surface area contributed by atoms with Crippen LogP contribution in [0.5, 0.6) is 0 Å². The third-order valence-electron chi connectivity index (χ3n) is 13.8. The van der Waals surface area contributed by atoms with Gasteiger partial charge in [0.1, 0.15) is 91.6 Å². The minimum absolute atomic E-state index is 2.32. The van der Waals surface area contributed by atoms with E-state index in [9.17, 15) is 220 Å². The molecule has 0 bridgehead atoms. The molecule has 17 N–H and O–H groups in total. The molecule has 5 fully saturated rings. The Balaban J connectivity index is 2.07. The van der Waals surface area contributed by atoms with E-state index in [1.165, 1.54) is 0 Å². The molecule has 25 atom stereocenters. The fraction of sp³-hybridized carbons (Fsp3) is 1.00. The Bertz CT molecular complexity index is 5860. The largest absolute Gasteiger partial charge is 0.399 e. The van der Waals surface area contributed by atoms with Gasteiger partial charge in [0.15, 0.2) is 55.7 Å². The van der Waals surface area contributed by atoms with E-state index in [4.69, 9.17) is 42.6 Å². The molecule has 0 radical (unpaired) electrons. The molecule has 0 amide bonds. The summed E-state index contributed by atoms with van der Waals surface area (Å²) in [5, 5.41) is 0. The van der Waals surface area contributed by atoms with E-state index < -0.39 is 363 Å². The van der Waals surface area contributed by atoms with E-state index in [0.29, 0.717) is 0 Å². The van der Waals surface area contributed by atoms with Crippen molar-refractivity contribution in [1.82, 2.24) is 0 Å². The van der Waals surface area contributed by atoms with E-state index in [0.717, 1.165) is 0 Å². The minimum atomic E-state index is -7.18. The van der Waals surface area contributed by atoms with Gasteiger partial charge in [0.25, 0.3) is 0 Å². The predicted molar refractivity (Wildman–Crippen MR) is 344 cm³/mol. The summed E-state index contributed by atoms with van der Waals surface area (Å²) in [6.45, 7) is -12.5. The summed E-state index contributed by atoms with van der Waals surface area (Å²) in [7, 11) is -114. The van der Waals surface area contributed by atoms with Crippen molar-refractivity contribution < 1.29 is 334 Å². The van der Waals surface area contributed by atoms with Crippen molar-refractivity contribution in [2.24, 2.45) is 0 Å². The predicted octanol–water partition coefficient (Wildman–Crippen LogP) is -14.9. The average molecular weight is 2190 g/mol. The lowest BCUT2D eigenvalue weighted by Gasteiger charge is -2.51. The maximum absolute atomic E-state index is 13.3. The molecule has 0 aliphatic carbocycles. The Morgan fingerprint density at radius 1 is 0.145 bits per heavy atom. The van der Waals surface area contributed by atoms with Crippen molar-refractivity contribution in [3.63, 3.8) is 0 Å².